The zero-order valence-electron chi connectivity index (χ0n) is 17.4. The molecule has 9 heteroatoms. The third kappa shape index (κ3) is 6.18. The van der Waals surface area contributed by atoms with Gasteiger partial charge in [0, 0.05) is 32.9 Å². The van der Waals surface area contributed by atoms with Crippen LogP contribution in [0.4, 0.5) is 0 Å². The molecule has 0 fully saturated rings. The third-order valence-electron chi connectivity index (χ3n) is 4.75. The third-order valence-corrected chi connectivity index (χ3v) is 5.88. The highest BCUT2D eigenvalue weighted by atomic mass is 127. The van der Waals surface area contributed by atoms with E-state index in [-0.39, 0.29) is 24.0 Å². The monoisotopic (exact) mass is 541 g/mol. The molecule has 0 spiro atoms. The van der Waals surface area contributed by atoms with Crippen molar-refractivity contribution in [3.63, 3.8) is 0 Å². The van der Waals surface area contributed by atoms with Gasteiger partial charge in [-0.1, -0.05) is 24.3 Å². The van der Waals surface area contributed by atoms with Gasteiger partial charge in [-0.05, 0) is 43.2 Å². The van der Waals surface area contributed by atoms with Crippen molar-refractivity contribution in [3.8, 4) is 0 Å². The van der Waals surface area contributed by atoms with Crippen LogP contribution in [0.2, 0.25) is 0 Å². The van der Waals surface area contributed by atoms with E-state index in [1.54, 1.807) is 19.2 Å². The number of imidazole rings is 1. The van der Waals surface area contributed by atoms with Gasteiger partial charge in [0.2, 0.25) is 0 Å². The topological polar surface area (TPSA) is 88.4 Å². The maximum Gasteiger partial charge on any atom is 0.191 e. The molecule has 162 valence electrons. The summed E-state index contributed by atoms with van der Waals surface area (Å²) in [6.07, 6.45) is 1.99. The van der Waals surface area contributed by atoms with E-state index < -0.39 is 9.84 Å². The van der Waals surface area contributed by atoms with Crippen molar-refractivity contribution in [2.24, 2.45) is 4.99 Å². The van der Waals surface area contributed by atoms with Gasteiger partial charge < -0.3 is 15.2 Å². The molecule has 1 aromatic heterocycles. The maximum atomic E-state index is 11.5. The second-order valence-corrected chi connectivity index (χ2v) is 8.91. The lowest BCUT2D eigenvalue weighted by Crippen LogP contribution is -2.39. The Morgan fingerprint density at radius 1 is 1.07 bits per heavy atom. The van der Waals surface area contributed by atoms with Crippen LogP contribution in [0, 0.1) is 6.92 Å². The first-order valence-corrected chi connectivity index (χ1v) is 11.4. The maximum absolute atomic E-state index is 11.5. The van der Waals surface area contributed by atoms with Crippen molar-refractivity contribution in [1.82, 2.24) is 20.2 Å². The predicted octanol–water partition coefficient (Wildman–Crippen LogP) is 2.77. The number of guanidine groups is 1. The minimum atomic E-state index is -3.15. The molecule has 3 aromatic rings. The fourth-order valence-corrected chi connectivity index (χ4v) is 3.84. The lowest BCUT2D eigenvalue weighted by Gasteiger charge is -2.13. The number of hydrogen-bond donors (Lipinski definition) is 2. The van der Waals surface area contributed by atoms with E-state index in [1.807, 2.05) is 37.3 Å². The van der Waals surface area contributed by atoms with Crippen molar-refractivity contribution in [1.29, 1.82) is 0 Å². The first-order valence-electron chi connectivity index (χ1n) is 9.54. The average molecular weight is 541 g/mol. The SMILES string of the molecule is CN=C(NCCc1ccc(S(C)(=O)=O)cc1)NCCn1c(C)nc2ccccc21.I. The number of aryl methyl sites for hydroxylation is 1. The Hall–Kier alpha value is -2.14. The van der Waals surface area contributed by atoms with E-state index >= 15 is 0 Å². The van der Waals surface area contributed by atoms with Crippen LogP contribution < -0.4 is 10.6 Å². The van der Waals surface area contributed by atoms with Crippen LogP contribution in [-0.2, 0) is 22.8 Å². The van der Waals surface area contributed by atoms with Crippen LogP contribution in [0.25, 0.3) is 11.0 Å². The number of aromatic nitrogens is 2. The molecule has 1 heterocycles. The van der Waals surface area contributed by atoms with Gasteiger partial charge in [-0.25, -0.2) is 13.4 Å². The number of sulfone groups is 1. The molecule has 0 atom stereocenters. The van der Waals surface area contributed by atoms with Crippen LogP contribution >= 0.6 is 24.0 Å². The van der Waals surface area contributed by atoms with Crippen molar-refractivity contribution in [3.05, 3.63) is 59.9 Å². The normalized spacial score (nSPS) is 11.9. The minimum Gasteiger partial charge on any atom is -0.356 e. The Balaban J connectivity index is 0.00000320. The van der Waals surface area contributed by atoms with E-state index in [4.69, 9.17) is 0 Å². The van der Waals surface area contributed by atoms with Crippen LogP contribution in [0.5, 0.6) is 0 Å². The molecule has 3 rings (SSSR count). The van der Waals surface area contributed by atoms with Crippen LogP contribution in [-0.4, -0.2) is 50.3 Å². The molecule has 7 nitrogen and oxygen atoms in total. The Morgan fingerprint density at radius 2 is 1.73 bits per heavy atom. The van der Waals surface area contributed by atoms with Gasteiger partial charge in [0.1, 0.15) is 5.82 Å². The molecule has 0 aliphatic rings. The van der Waals surface area contributed by atoms with Crippen LogP contribution in [0.15, 0.2) is 58.4 Å². The van der Waals surface area contributed by atoms with Crippen LogP contribution in [0.3, 0.4) is 0 Å². The largest absolute Gasteiger partial charge is 0.356 e. The first kappa shape index (κ1) is 24.1. The zero-order chi connectivity index (χ0) is 20.9. The van der Waals surface area contributed by atoms with Gasteiger partial charge in [0.15, 0.2) is 15.8 Å². The molecule has 0 bridgehead atoms. The standard InChI is InChI=1S/C21H27N5O2S.HI/c1-16-25-19-6-4-5-7-20(19)26(16)15-14-24-21(22-2)23-13-12-17-8-10-18(11-9-17)29(3,27)28;/h4-11H,12-15H2,1-3H3,(H2,22,23,24);1H. The van der Waals surface area contributed by atoms with E-state index in [1.165, 1.54) is 6.26 Å². The summed E-state index contributed by atoms with van der Waals surface area (Å²) in [6, 6.07) is 15.1. The van der Waals surface area contributed by atoms with Crippen molar-refractivity contribution in [2.45, 2.75) is 24.8 Å². The van der Waals surface area contributed by atoms with Crippen molar-refractivity contribution < 1.29 is 8.42 Å². The molecule has 2 aromatic carbocycles. The summed E-state index contributed by atoms with van der Waals surface area (Å²) in [5.41, 5.74) is 3.21. The lowest BCUT2D eigenvalue weighted by atomic mass is 10.1. The summed E-state index contributed by atoms with van der Waals surface area (Å²) >= 11 is 0. The molecule has 0 radical (unpaired) electrons. The highest BCUT2D eigenvalue weighted by molar-refractivity contribution is 14.0. The van der Waals surface area contributed by atoms with E-state index in [9.17, 15) is 8.42 Å². The summed E-state index contributed by atoms with van der Waals surface area (Å²) < 4.78 is 25.2. The number of halogens is 1. The second-order valence-electron chi connectivity index (χ2n) is 6.89. The number of fused-ring (bicyclic) bond motifs is 1. The highest BCUT2D eigenvalue weighted by Crippen LogP contribution is 2.14. The molecule has 0 unspecified atom stereocenters. The smallest absolute Gasteiger partial charge is 0.191 e. The van der Waals surface area contributed by atoms with E-state index in [2.05, 4.69) is 31.2 Å². The molecule has 0 amide bonds. The molecule has 2 N–H and O–H groups in total. The Kier molecular flexibility index (Phi) is 8.65. The molecule has 30 heavy (non-hydrogen) atoms. The number of nitrogens with one attached hydrogen (secondary N) is 2. The Bertz CT molecular complexity index is 1110. The van der Waals surface area contributed by atoms with Gasteiger partial charge >= 0.3 is 0 Å². The fourth-order valence-electron chi connectivity index (χ4n) is 3.21. The van der Waals surface area contributed by atoms with Gasteiger partial charge in [-0.15, -0.1) is 24.0 Å². The number of hydrogen-bond acceptors (Lipinski definition) is 4. The summed E-state index contributed by atoms with van der Waals surface area (Å²) in [6.45, 7) is 4.23. The van der Waals surface area contributed by atoms with Gasteiger partial charge in [-0.3, -0.25) is 4.99 Å². The predicted molar refractivity (Wildman–Crippen MR) is 133 cm³/mol. The summed E-state index contributed by atoms with van der Waals surface area (Å²) in [5, 5.41) is 6.62. The number of para-hydroxylation sites is 2. The highest BCUT2D eigenvalue weighted by Gasteiger charge is 2.07. The number of nitrogens with zero attached hydrogens (tertiary/aromatic N) is 3. The molecule has 0 aliphatic heterocycles. The number of rotatable bonds is 7. The Labute approximate surface area is 194 Å². The number of benzene rings is 2. The van der Waals surface area contributed by atoms with Gasteiger partial charge in [0.25, 0.3) is 0 Å². The fraction of sp³-hybridized carbons (Fsp3) is 0.333. The van der Waals surface area contributed by atoms with Gasteiger partial charge in [-0.2, -0.15) is 0 Å². The second kappa shape index (κ2) is 10.8. The minimum absolute atomic E-state index is 0. The molecule has 0 aliphatic carbocycles. The average Bonchev–Trinajstić information content (AvgIpc) is 3.02. The lowest BCUT2D eigenvalue weighted by molar-refractivity contribution is 0.602. The van der Waals surface area contributed by atoms with Crippen molar-refractivity contribution in [2.75, 3.05) is 26.4 Å². The van der Waals surface area contributed by atoms with Gasteiger partial charge in [0.05, 0.1) is 15.9 Å². The number of aliphatic imine (C=N–C) groups is 1. The molecule has 0 saturated heterocycles. The van der Waals surface area contributed by atoms with E-state index in [0.717, 1.165) is 47.9 Å². The quantitative estimate of drug-likeness (QED) is 0.273. The molecular weight excluding hydrogens is 513 g/mol. The summed E-state index contributed by atoms with van der Waals surface area (Å²) in [5.74, 6) is 1.73. The summed E-state index contributed by atoms with van der Waals surface area (Å²) in [4.78, 5) is 9.19. The summed E-state index contributed by atoms with van der Waals surface area (Å²) in [7, 11) is -1.41. The first-order chi connectivity index (χ1) is 13.9. The van der Waals surface area contributed by atoms with E-state index in [0.29, 0.717) is 11.4 Å². The Morgan fingerprint density at radius 3 is 2.40 bits per heavy atom. The zero-order valence-corrected chi connectivity index (χ0v) is 20.6. The van der Waals surface area contributed by atoms with Crippen LogP contribution in [0.1, 0.15) is 11.4 Å². The molecular formula is C21H28IN5O2S. The molecule has 0 saturated carbocycles. The van der Waals surface area contributed by atoms with Crippen molar-refractivity contribution >= 4 is 50.8 Å².